The maximum Gasteiger partial charge on any atom is 0.226 e. The van der Waals surface area contributed by atoms with Gasteiger partial charge in [-0.15, -0.1) is 5.10 Å². The molecule has 2 aliphatic rings. The minimum atomic E-state index is -0.776. The van der Waals surface area contributed by atoms with Crippen LogP contribution in [0.3, 0.4) is 0 Å². The van der Waals surface area contributed by atoms with Crippen LogP contribution in [0.5, 0.6) is 5.75 Å². The highest BCUT2D eigenvalue weighted by molar-refractivity contribution is 6.00. The van der Waals surface area contributed by atoms with Gasteiger partial charge in [0.15, 0.2) is 11.6 Å². The number of benzene rings is 2. The predicted molar refractivity (Wildman–Crippen MR) is 130 cm³/mol. The number of hydrogen-bond acceptors (Lipinski definition) is 7. The van der Waals surface area contributed by atoms with Gasteiger partial charge in [-0.05, 0) is 29.8 Å². The fourth-order valence-electron chi connectivity index (χ4n) is 4.78. The highest BCUT2D eigenvalue weighted by Gasteiger charge is 2.44. The number of rotatable bonds is 6. The summed E-state index contributed by atoms with van der Waals surface area (Å²) in [5.41, 5.74) is 0.679. The number of aliphatic hydroxyl groups is 1. The third-order valence-corrected chi connectivity index (χ3v) is 6.79. The Balaban J connectivity index is 1.13. The minimum absolute atomic E-state index is 0.0469. The van der Waals surface area contributed by atoms with E-state index in [1.165, 1.54) is 6.07 Å². The van der Waals surface area contributed by atoms with E-state index in [1.54, 1.807) is 30.3 Å². The third-order valence-electron chi connectivity index (χ3n) is 6.79. The summed E-state index contributed by atoms with van der Waals surface area (Å²) in [5, 5.41) is 21.4. The molecule has 186 valence electrons. The van der Waals surface area contributed by atoms with E-state index in [0.29, 0.717) is 43.2 Å². The maximum absolute atomic E-state index is 14.1. The van der Waals surface area contributed by atoms with Crippen LogP contribution in [-0.4, -0.2) is 52.2 Å². The van der Waals surface area contributed by atoms with E-state index in [0.717, 1.165) is 5.56 Å². The quantitative estimate of drug-likeness (QED) is 0.547. The van der Waals surface area contributed by atoms with Crippen LogP contribution < -0.4 is 15.0 Å². The van der Waals surface area contributed by atoms with Crippen molar-refractivity contribution in [2.24, 2.45) is 0 Å². The number of nitrogens with zero attached hydrogens (tertiary/aromatic N) is 3. The zero-order chi connectivity index (χ0) is 25.1. The van der Waals surface area contributed by atoms with E-state index in [1.807, 2.05) is 24.3 Å². The maximum atomic E-state index is 14.1. The number of ketones is 1. The summed E-state index contributed by atoms with van der Waals surface area (Å²) < 4.78 is 20.2. The first-order valence-electron chi connectivity index (χ1n) is 12.0. The number of anilines is 1. The molecule has 1 fully saturated rings. The molecule has 5 rings (SSSR count). The molecule has 1 aromatic heterocycles. The summed E-state index contributed by atoms with van der Waals surface area (Å²) >= 11 is 0. The number of halogens is 1. The molecule has 3 heterocycles. The Hall–Kier alpha value is -3.85. The van der Waals surface area contributed by atoms with Crippen molar-refractivity contribution in [2.75, 3.05) is 24.5 Å². The van der Waals surface area contributed by atoms with Crippen molar-refractivity contribution >= 4 is 17.5 Å². The first kappa shape index (κ1) is 23.9. The number of amides is 1. The van der Waals surface area contributed by atoms with Crippen LogP contribution in [0.25, 0.3) is 0 Å². The first-order valence-corrected chi connectivity index (χ1v) is 12.0. The van der Waals surface area contributed by atoms with Crippen molar-refractivity contribution < 1.29 is 23.8 Å². The molecule has 0 radical (unpaired) electrons. The molecule has 0 aliphatic carbocycles. The normalized spacial score (nSPS) is 17.3. The Bertz CT molecular complexity index is 1240. The second kappa shape index (κ2) is 10.0. The molecule has 0 bridgehead atoms. The van der Waals surface area contributed by atoms with E-state index >= 15 is 0 Å². The summed E-state index contributed by atoms with van der Waals surface area (Å²) in [6.45, 7) is 1.35. The number of aliphatic hydroxyl groups excluding tert-OH is 1. The molecular weight excluding hydrogens is 463 g/mol. The highest BCUT2D eigenvalue weighted by atomic mass is 19.1. The summed E-state index contributed by atoms with van der Waals surface area (Å²) in [4.78, 5) is 26.9. The molecule has 9 heteroatoms. The lowest BCUT2D eigenvalue weighted by atomic mass is 9.82. The molecule has 36 heavy (non-hydrogen) atoms. The van der Waals surface area contributed by atoms with Gasteiger partial charge >= 0.3 is 0 Å². The van der Waals surface area contributed by atoms with E-state index in [4.69, 9.17) is 4.74 Å². The van der Waals surface area contributed by atoms with Crippen molar-refractivity contribution in [2.45, 2.75) is 37.4 Å². The molecule has 1 saturated heterocycles. The Morgan fingerprint density at radius 1 is 1.08 bits per heavy atom. The number of fused-ring (bicyclic) bond motifs is 1. The van der Waals surface area contributed by atoms with Crippen molar-refractivity contribution in [3.8, 4) is 5.75 Å². The Morgan fingerprint density at radius 2 is 1.86 bits per heavy atom. The van der Waals surface area contributed by atoms with Gasteiger partial charge in [-0.3, -0.25) is 9.59 Å². The van der Waals surface area contributed by atoms with E-state index in [2.05, 4.69) is 20.4 Å². The largest absolute Gasteiger partial charge is 0.486 e. The van der Waals surface area contributed by atoms with Gasteiger partial charge in [0.2, 0.25) is 5.91 Å². The van der Waals surface area contributed by atoms with Crippen LogP contribution in [-0.2, 0) is 11.2 Å². The monoisotopic (exact) mass is 490 g/mol. The van der Waals surface area contributed by atoms with Gasteiger partial charge in [0.1, 0.15) is 17.2 Å². The Kier molecular flexibility index (Phi) is 6.65. The molecule has 0 saturated carbocycles. The summed E-state index contributed by atoms with van der Waals surface area (Å²) in [6.07, 6.45) is 0.646. The van der Waals surface area contributed by atoms with Crippen LogP contribution in [0, 0.1) is 5.82 Å². The van der Waals surface area contributed by atoms with Crippen LogP contribution in [0.15, 0.2) is 60.7 Å². The number of aromatic nitrogens is 2. The number of Topliss-reactive ketones (excluding diaryl/α,β-unsaturated/α-hetero) is 1. The Morgan fingerprint density at radius 3 is 2.58 bits per heavy atom. The lowest BCUT2D eigenvalue weighted by Gasteiger charge is -2.44. The van der Waals surface area contributed by atoms with Crippen LogP contribution in [0.1, 0.15) is 47.0 Å². The van der Waals surface area contributed by atoms with Gasteiger partial charge in [-0.2, -0.15) is 5.10 Å². The molecule has 1 unspecified atom stereocenters. The molecule has 3 aromatic rings. The van der Waals surface area contributed by atoms with E-state index in [9.17, 15) is 19.1 Å². The van der Waals surface area contributed by atoms with Crippen LogP contribution >= 0.6 is 0 Å². The number of piperidine rings is 1. The second-order valence-corrected chi connectivity index (χ2v) is 9.28. The second-order valence-electron chi connectivity index (χ2n) is 9.28. The fourth-order valence-corrected chi connectivity index (χ4v) is 4.78. The van der Waals surface area contributed by atoms with E-state index < -0.39 is 17.5 Å². The smallest absolute Gasteiger partial charge is 0.226 e. The van der Waals surface area contributed by atoms with Crippen LogP contribution in [0.2, 0.25) is 0 Å². The van der Waals surface area contributed by atoms with Gasteiger partial charge < -0.3 is 20.1 Å². The zero-order valence-corrected chi connectivity index (χ0v) is 19.7. The zero-order valence-electron chi connectivity index (χ0n) is 19.7. The molecular formula is C27H27FN4O4. The summed E-state index contributed by atoms with van der Waals surface area (Å²) in [5.74, 6) is -0.00834. The summed E-state index contributed by atoms with van der Waals surface area (Å²) in [7, 11) is 0. The van der Waals surface area contributed by atoms with Gasteiger partial charge in [0, 0.05) is 32.5 Å². The van der Waals surface area contributed by atoms with Gasteiger partial charge in [0.25, 0.3) is 0 Å². The molecule has 1 atom stereocenters. The molecule has 2 N–H and O–H groups in total. The standard InChI is InChI=1S/C27H27FN4O4/c28-20-7-4-8-23-26(20)21(33)16-27(36-23)11-13-32(14-12-27)24-10-9-19(30-31-24)15-25(35)29-17-22(34)18-5-2-1-3-6-18/h1-10,22,34H,11-17H2,(H,29,35). The molecule has 1 amide bonds. The average molecular weight is 491 g/mol. The predicted octanol–water partition coefficient (Wildman–Crippen LogP) is 3.01. The minimum Gasteiger partial charge on any atom is -0.486 e. The number of carbonyl (C=O) groups excluding carboxylic acids is 2. The topological polar surface area (TPSA) is 105 Å². The van der Waals surface area contributed by atoms with Gasteiger partial charge in [-0.1, -0.05) is 36.4 Å². The van der Waals surface area contributed by atoms with Gasteiger partial charge in [0.05, 0.1) is 30.2 Å². The molecule has 2 aromatic carbocycles. The Labute approximate surface area is 208 Å². The number of hydrogen-bond donors (Lipinski definition) is 2. The fraction of sp³-hybridized carbons (Fsp3) is 0.333. The van der Waals surface area contributed by atoms with E-state index in [-0.39, 0.29) is 36.6 Å². The molecule has 2 aliphatic heterocycles. The van der Waals surface area contributed by atoms with Crippen molar-refractivity contribution in [3.63, 3.8) is 0 Å². The third kappa shape index (κ3) is 5.06. The van der Waals surface area contributed by atoms with Crippen molar-refractivity contribution in [1.82, 2.24) is 15.5 Å². The average Bonchev–Trinajstić information content (AvgIpc) is 2.88. The SMILES string of the molecule is O=C(Cc1ccc(N2CCC3(CC2)CC(=O)c2c(F)cccc2O3)nn1)NCC(O)c1ccccc1. The summed E-state index contributed by atoms with van der Waals surface area (Å²) in [6, 6.07) is 17.2. The molecule has 8 nitrogen and oxygen atoms in total. The first-order chi connectivity index (χ1) is 17.4. The number of ether oxygens (including phenoxy) is 1. The number of nitrogens with one attached hydrogen (secondary N) is 1. The van der Waals surface area contributed by atoms with Gasteiger partial charge in [-0.25, -0.2) is 4.39 Å². The lowest BCUT2D eigenvalue weighted by molar-refractivity contribution is -0.121. The van der Waals surface area contributed by atoms with Crippen LogP contribution in [0.4, 0.5) is 10.2 Å². The van der Waals surface area contributed by atoms with Crippen molar-refractivity contribution in [1.29, 1.82) is 0 Å². The number of carbonyl (C=O) groups is 2. The lowest BCUT2D eigenvalue weighted by Crippen LogP contribution is -2.51. The van der Waals surface area contributed by atoms with Crippen molar-refractivity contribution in [3.05, 3.63) is 83.3 Å². The molecule has 1 spiro atoms. The highest BCUT2D eigenvalue weighted by Crippen LogP contribution is 2.40.